The van der Waals surface area contributed by atoms with Gasteiger partial charge in [-0.3, -0.25) is 4.99 Å². The summed E-state index contributed by atoms with van der Waals surface area (Å²) in [5, 5.41) is 6.65. The SMILES string of the molecule is CN=C(NCc1ccc(C(=O)OC)cc1)NCC(C)c1cccc(C)c1. The molecule has 0 aliphatic carbocycles. The van der Waals surface area contributed by atoms with Crippen molar-refractivity contribution in [3.63, 3.8) is 0 Å². The first-order valence-electron chi connectivity index (χ1n) is 8.71. The second-order valence-electron chi connectivity index (χ2n) is 6.31. The van der Waals surface area contributed by atoms with Crippen LogP contribution in [0.15, 0.2) is 53.5 Å². The van der Waals surface area contributed by atoms with Gasteiger partial charge in [0, 0.05) is 20.1 Å². The lowest BCUT2D eigenvalue weighted by Gasteiger charge is -2.17. The number of hydrogen-bond acceptors (Lipinski definition) is 3. The van der Waals surface area contributed by atoms with Crippen molar-refractivity contribution in [1.29, 1.82) is 0 Å². The number of aryl methyl sites for hydroxylation is 1. The van der Waals surface area contributed by atoms with Crippen LogP contribution >= 0.6 is 0 Å². The van der Waals surface area contributed by atoms with E-state index in [1.165, 1.54) is 18.2 Å². The van der Waals surface area contributed by atoms with Gasteiger partial charge in [-0.25, -0.2) is 4.79 Å². The molecule has 0 bridgehead atoms. The number of rotatable bonds is 6. The van der Waals surface area contributed by atoms with E-state index in [2.05, 4.69) is 53.7 Å². The third-order valence-electron chi connectivity index (χ3n) is 4.25. The Labute approximate surface area is 155 Å². The first-order chi connectivity index (χ1) is 12.5. The minimum Gasteiger partial charge on any atom is -0.465 e. The molecule has 0 aliphatic heterocycles. The van der Waals surface area contributed by atoms with E-state index in [4.69, 9.17) is 4.74 Å². The summed E-state index contributed by atoms with van der Waals surface area (Å²) in [6.07, 6.45) is 0. The number of nitrogens with zero attached hydrogens (tertiary/aromatic N) is 1. The van der Waals surface area contributed by atoms with Crippen molar-refractivity contribution in [1.82, 2.24) is 10.6 Å². The van der Waals surface area contributed by atoms with Crippen LogP contribution in [-0.2, 0) is 11.3 Å². The summed E-state index contributed by atoms with van der Waals surface area (Å²) < 4.78 is 4.71. The third-order valence-corrected chi connectivity index (χ3v) is 4.25. The van der Waals surface area contributed by atoms with Crippen molar-refractivity contribution in [2.75, 3.05) is 20.7 Å². The maximum atomic E-state index is 11.5. The van der Waals surface area contributed by atoms with Crippen LogP contribution in [0.25, 0.3) is 0 Å². The van der Waals surface area contributed by atoms with Crippen molar-refractivity contribution in [2.45, 2.75) is 26.3 Å². The lowest BCUT2D eigenvalue weighted by molar-refractivity contribution is 0.0600. The predicted octanol–water partition coefficient (Wildman–Crippen LogP) is 3.25. The summed E-state index contributed by atoms with van der Waals surface area (Å²) in [6.45, 7) is 5.72. The minimum absolute atomic E-state index is 0.327. The van der Waals surface area contributed by atoms with Crippen LogP contribution < -0.4 is 10.6 Å². The summed E-state index contributed by atoms with van der Waals surface area (Å²) >= 11 is 0. The number of carbonyl (C=O) groups is 1. The molecule has 0 aliphatic rings. The highest BCUT2D eigenvalue weighted by molar-refractivity contribution is 5.89. The van der Waals surface area contributed by atoms with Crippen LogP contribution in [0.5, 0.6) is 0 Å². The molecule has 0 heterocycles. The number of ether oxygens (including phenoxy) is 1. The predicted molar refractivity (Wildman–Crippen MR) is 106 cm³/mol. The number of methoxy groups -OCH3 is 1. The summed E-state index contributed by atoms with van der Waals surface area (Å²) in [7, 11) is 3.14. The van der Waals surface area contributed by atoms with Gasteiger partial charge in [0.25, 0.3) is 0 Å². The Morgan fingerprint density at radius 3 is 2.50 bits per heavy atom. The number of benzene rings is 2. The smallest absolute Gasteiger partial charge is 0.337 e. The average Bonchev–Trinajstić information content (AvgIpc) is 2.67. The van der Waals surface area contributed by atoms with E-state index in [0.717, 1.165) is 18.1 Å². The molecule has 0 fully saturated rings. The zero-order valence-corrected chi connectivity index (χ0v) is 15.9. The molecule has 138 valence electrons. The Morgan fingerprint density at radius 2 is 1.88 bits per heavy atom. The molecule has 2 aromatic rings. The second-order valence-corrected chi connectivity index (χ2v) is 6.31. The molecule has 26 heavy (non-hydrogen) atoms. The molecular weight excluding hydrogens is 326 g/mol. The van der Waals surface area contributed by atoms with Gasteiger partial charge in [-0.1, -0.05) is 48.9 Å². The van der Waals surface area contributed by atoms with Crippen molar-refractivity contribution in [2.24, 2.45) is 4.99 Å². The largest absolute Gasteiger partial charge is 0.465 e. The maximum absolute atomic E-state index is 11.5. The third kappa shape index (κ3) is 5.62. The Hall–Kier alpha value is -2.82. The highest BCUT2D eigenvalue weighted by Crippen LogP contribution is 2.15. The fourth-order valence-corrected chi connectivity index (χ4v) is 2.63. The molecule has 0 saturated heterocycles. The van der Waals surface area contributed by atoms with Crippen LogP contribution in [-0.4, -0.2) is 32.6 Å². The molecule has 5 heteroatoms. The Balaban J connectivity index is 1.85. The fourth-order valence-electron chi connectivity index (χ4n) is 2.63. The zero-order valence-electron chi connectivity index (χ0n) is 15.9. The quantitative estimate of drug-likeness (QED) is 0.475. The highest BCUT2D eigenvalue weighted by Gasteiger charge is 2.08. The molecule has 5 nitrogen and oxygen atoms in total. The van der Waals surface area contributed by atoms with E-state index in [1.54, 1.807) is 19.2 Å². The molecule has 1 unspecified atom stereocenters. The molecule has 2 rings (SSSR count). The number of hydrogen-bond donors (Lipinski definition) is 2. The first kappa shape index (κ1) is 19.5. The molecule has 0 amide bonds. The van der Waals surface area contributed by atoms with Gasteiger partial charge in [0.15, 0.2) is 5.96 Å². The fraction of sp³-hybridized carbons (Fsp3) is 0.333. The molecule has 0 aromatic heterocycles. The van der Waals surface area contributed by atoms with E-state index >= 15 is 0 Å². The van der Waals surface area contributed by atoms with Gasteiger partial charge in [0.1, 0.15) is 0 Å². The van der Waals surface area contributed by atoms with Crippen molar-refractivity contribution < 1.29 is 9.53 Å². The zero-order chi connectivity index (χ0) is 18.9. The van der Waals surface area contributed by atoms with Gasteiger partial charge in [0.2, 0.25) is 0 Å². The van der Waals surface area contributed by atoms with E-state index in [-0.39, 0.29) is 5.97 Å². The molecule has 0 saturated carbocycles. The summed E-state index contributed by atoms with van der Waals surface area (Å²) in [4.78, 5) is 15.7. The summed E-state index contributed by atoms with van der Waals surface area (Å²) in [6, 6.07) is 15.9. The lowest BCUT2D eigenvalue weighted by atomic mass is 9.99. The average molecular weight is 353 g/mol. The number of nitrogens with one attached hydrogen (secondary N) is 2. The number of aliphatic imine (C=N–C) groups is 1. The number of esters is 1. The van der Waals surface area contributed by atoms with Crippen molar-refractivity contribution in [3.05, 3.63) is 70.8 Å². The molecular formula is C21H27N3O2. The monoisotopic (exact) mass is 353 g/mol. The summed E-state index contributed by atoms with van der Waals surface area (Å²) in [5.41, 5.74) is 4.19. The maximum Gasteiger partial charge on any atom is 0.337 e. The second kappa shape index (κ2) is 9.61. The van der Waals surface area contributed by atoms with Gasteiger partial charge < -0.3 is 15.4 Å². The van der Waals surface area contributed by atoms with E-state index in [0.29, 0.717) is 18.0 Å². The first-order valence-corrected chi connectivity index (χ1v) is 8.71. The molecule has 1 atom stereocenters. The Bertz CT molecular complexity index is 754. The van der Waals surface area contributed by atoms with Gasteiger partial charge in [-0.2, -0.15) is 0 Å². The lowest BCUT2D eigenvalue weighted by Crippen LogP contribution is -2.38. The topological polar surface area (TPSA) is 62.7 Å². The standard InChI is InChI=1S/C21H27N3O2/c1-15-6-5-7-19(12-15)16(2)13-23-21(22-3)24-14-17-8-10-18(11-9-17)20(25)26-4/h5-12,16H,13-14H2,1-4H3,(H2,22,23,24). The van der Waals surface area contributed by atoms with E-state index in [9.17, 15) is 4.79 Å². The van der Waals surface area contributed by atoms with Crippen LogP contribution in [0, 0.1) is 6.92 Å². The van der Waals surface area contributed by atoms with Gasteiger partial charge in [-0.05, 0) is 36.1 Å². The highest BCUT2D eigenvalue weighted by atomic mass is 16.5. The van der Waals surface area contributed by atoms with Crippen LogP contribution in [0.3, 0.4) is 0 Å². The molecule has 0 spiro atoms. The Kier molecular flexibility index (Phi) is 7.21. The number of carbonyl (C=O) groups excluding carboxylic acids is 1. The van der Waals surface area contributed by atoms with Crippen LogP contribution in [0.4, 0.5) is 0 Å². The summed E-state index contributed by atoms with van der Waals surface area (Å²) in [5.74, 6) is 0.807. The van der Waals surface area contributed by atoms with E-state index in [1.807, 2.05) is 12.1 Å². The van der Waals surface area contributed by atoms with Gasteiger partial charge in [0.05, 0.1) is 12.7 Å². The van der Waals surface area contributed by atoms with Gasteiger partial charge >= 0.3 is 5.97 Å². The number of guanidine groups is 1. The minimum atomic E-state index is -0.327. The van der Waals surface area contributed by atoms with Crippen LogP contribution in [0.2, 0.25) is 0 Å². The Morgan fingerprint density at radius 1 is 1.15 bits per heavy atom. The molecule has 2 N–H and O–H groups in total. The normalized spacial score (nSPS) is 12.4. The van der Waals surface area contributed by atoms with E-state index < -0.39 is 0 Å². The van der Waals surface area contributed by atoms with Crippen LogP contribution in [0.1, 0.15) is 39.9 Å². The van der Waals surface area contributed by atoms with Crippen molar-refractivity contribution >= 4 is 11.9 Å². The molecule has 0 radical (unpaired) electrons. The molecule has 2 aromatic carbocycles. The van der Waals surface area contributed by atoms with Crippen molar-refractivity contribution in [3.8, 4) is 0 Å². The van der Waals surface area contributed by atoms with Gasteiger partial charge in [-0.15, -0.1) is 0 Å².